The van der Waals surface area contributed by atoms with Gasteiger partial charge >= 0.3 is 5.97 Å². The van der Waals surface area contributed by atoms with Gasteiger partial charge in [-0.25, -0.2) is 0 Å². The van der Waals surface area contributed by atoms with Crippen LogP contribution in [0.2, 0.25) is 0 Å². The molecule has 0 fully saturated rings. The Morgan fingerprint density at radius 3 is 3.06 bits per heavy atom. The first-order chi connectivity index (χ1) is 8.67. The Hall–Kier alpha value is -1.91. The summed E-state index contributed by atoms with van der Waals surface area (Å²) in [5.41, 5.74) is 1.63. The zero-order chi connectivity index (χ0) is 13.4. The van der Waals surface area contributed by atoms with Crippen molar-refractivity contribution >= 4 is 17.7 Å². The summed E-state index contributed by atoms with van der Waals surface area (Å²) in [6, 6.07) is 9.40. The number of benzene rings is 1. The number of nitrogens with zero attached hydrogens (tertiary/aromatic N) is 1. The average molecular weight is 259 g/mol. The lowest BCUT2D eigenvalue weighted by molar-refractivity contribution is -0.141. The zero-order valence-corrected chi connectivity index (χ0v) is 10.9. The highest BCUT2D eigenvalue weighted by Gasteiger charge is 2.14. The molecule has 0 aliphatic rings. The Bertz CT molecular complexity index is 499. The van der Waals surface area contributed by atoms with E-state index < -0.39 is 0 Å². The van der Waals surface area contributed by atoms with Crippen molar-refractivity contribution in [3.8, 4) is 18.4 Å². The SMILES string of the molecule is C#CCOC(=O)C(C)SCc1cccc(C#N)c1. The summed E-state index contributed by atoms with van der Waals surface area (Å²) in [7, 11) is 0. The molecule has 0 aliphatic heterocycles. The van der Waals surface area contributed by atoms with E-state index in [2.05, 4.69) is 12.0 Å². The topological polar surface area (TPSA) is 50.1 Å². The fourth-order valence-corrected chi connectivity index (χ4v) is 2.08. The van der Waals surface area contributed by atoms with Crippen LogP contribution in [0.4, 0.5) is 0 Å². The van der Waals surface area contributed by atoms with E-state index >= 15 is 0 Å². The van der Waals surface area contributed by atoms with E-state index in [1.54, 1.807) is 13.0 Å². The molecule has 1 atom stereocenters. The molecule has 1 aromatic carbocycles. The number of terminal acetylenes is 1. The minimum Gasteiger partial charge on any atom is -0.452 e. The van der Waals surface area contributed by atoms with E-state index in [9.17, 15) is 4.79 Å². The second kappa shape index (κ2) is 7.42. The van der Waals surface area contributed by atoms with Crippen LogP contribution in [0.1, 0.15) is 18.1 Å². The van der Waals surface area contributed by atoms with Gasteiger partial charge in [0.25, 0.3) is 0 Å². The van der Waals surface area contributed by atoms with Gasteiger partial charge in [-0.3, -0.25) is 4.79 Å². The molecule has 0 bridgehead atoms. The first-order valence-electron chi connectivity index (χ1n) is 5.38. The second-order valence-corrected chi connectivity index (χ2v) is 4.91. The quantitative estimate of drug-likeness (QED) is 0.601. The first kappa shape index (κ1) is 14.2. The molecule has 0 spiro atoms. The number of hydrogen-bond donors (Lipinski definition) is 0. The number of thioether (sulfide) groups is 1. The highest BCUT2D eigenvalue weighted by Crippen LogP contribution is 2.19. The molecular formula is C14H13NO2S. The Labute approximate surface area is 111 Å². The zero-order valence-electron chi connectivity index (χ0n) is 10.1. The number of rotatable bonds is 5. The van der Waals surface area contributed by atoms with E-state index in [0.717, 1.165) is 5.56 Å². The number of nitriles is 1. The fraction of sp³-hybridized carbons (Fsp3) is 0.286. The summed E-state index contributed by atoms with van der Waals surface area (Å²) in [5, 5.41) is 8.50. The van der Waals surface area contributed by atoms with E-state index in [0.29, 0.717) is 11.3 Å². The molecule has 1 rings (SSSR count). The molecule has 92 valence electrons. The van der Waals surface area contributed by atoms with Gasteiger partial charge in [-0.2, -0.15) is 5.26 Å². The highest BCUT2D eigenvalue weighted by molar-refractivity contribution is 7.99. The Morgan fingerprint density at radius 2 is 2.39 bits per heavy atom. The smallest absolute Gasteiger partial charge is 0.319 e. The van der Waals surface area contributed by atoms with Gasteiger partial charge < -0.3 is 4.74 Å². The lowest BCUT2D eigenvalue weighted by Crippen LogP contribution is -2.17. The van der Waals surface area contributed by atoms with Crippen LogP contribution in [0.5, 0.6) is 0 Å². The first-order valence-corrected chi connectivity index (χ1v) is 6.43. The molecule has 18 heavy (non-hydrogen) atoms. The van der Waals surface area contributed by atoms with Crippen molar-refractivity contribution in [3.63, 3.8) is 0 Å². The molecule has 0 saturated carbocycles. The van der Waals surface area contributed by atoms with Crippen LogP contribution in [-0.4, -0.2) is 17.8 Å². The van der Waals surface area contributed by atoms with Crippen molar-refractivity contribution in [2.45, 2.75) is 17.9 Å². The molecule has 0 saturated heterocycles. The molecule has 0 radical (unpaired) electrons. The van der Waals surface area contributed by atoms with Gasteiger partial charge in [0.05, 0.1) is 16.9 Å². The molecular weight excluding hydrogens is 246 g/mol. The molecule has 0 amide bonds. The standard InChI is InChI=1S/C14H13NO2S/c1-3-7-17-14(16)11(2)18-10-13-6-4-5-12(8-13)9-15/h1,4-6,8,11H,7,10H2,2H3. The summed E-state index contributed by atoms with van der Waals surface area (Å²) in [6.45, 7) is 1.78. The number of hydrogen-bond acceptors (Lipinski definition) is 4. The van der Waals surface area contributed by atoms with E-state index in [4.69, 9.17) is 16.4 Å². The third-order valence-electron chi connectivity index (χ3n) is 2.19. The number of ether oxygens (including phenoxy) is 1. The van der Waals surface area contributed by atoms with Crippen molar-refractivity contribution < 1.29 is 9.53 Å². The van der Waals surface area contributed by atoms with Crippen molar-refractivity contribution in [1.82, 2.24) is 0 Å². The molecule has 0 N–H and O–H groups in total. The summed E-state index contributed by atoms with van der Waals surface area (Å²) in [6.07, 6.45) is 5.01. The van der Waals surface area contributed by atoms with Crippen molar-refractivity contribution in [1.29, 1.82) is 5.26 Å². The monoisotopic (exact) mass is 259 g/mol. The predicted molar refractivity (Wildman–Crippen MR) is 71.7 cm³/mol. The second-order valence-electron chi connectivity index (χ2n) is 3.58. The van der Waals surface area contributed by atoms with E-state index in [-0.39, 0.29) is 17.8 Å². The average Bonchev–Trinajstić information content (AvgIpc) is 2.42. The maximum absolute atomic E-state index is 11.5. The summed E-state index contributed by atoms with van der Waals surface area (Å²) < 4.78 is 4.84. The molecule has 1 unspecified atom stereocenters. The largest absolute Gasteiger partial charge is 0.452 e. The van der Waals surface area contributed by atoms with Crippen LogP contribution < -0.4 is 0 Å². The summed E-state index contributed by atoms with van der Waals surface area (Å²) in [5.74, 6) is 2.60. The van der Waals surface area contributed by atoms with Gasteiger partial charge in [0, 0.05) is 5.75 Å². The maximum atomic E-state index is 11.5. The highest BCUT2D eigenvalue weighted by atomic mass is 32.2. The Kier molecular flexibility index (Phi) is 5.84. The van der Waals surface area contributed by atoms with Gasteiger partial charge in [-0.1, -0.05) is 18.1 Å². The predicted octanol–water partition coefficient (Wildman–Crippen LogP) is 2.36. The van der Waals surface area contributed by atoms with Crippen molar-refractivity contribution in [2.24, 2.45) is 0 Å². The van der Waals surface area contributed by atoms with Gasteiger partial charge in [0.2, 0.25) is 0 Å². The summed E-state index contributed by atoms with van der Waals surface area (Å²) >= 11 is 1.45. The number of esters is 1. The number of carbonyl (C=O) groups is 1. The van der Waals surface area contributed by atoms with Crippen LogP contribution in [0.25, 0.3) is 0 Å². The molecule has 0 heterocycles. The van der Waals surface area contributed by atoms with E-state index in [1.807, 2.05) is 18.2 Å². The summed E-state index contributed by atoms with van der Waals surface area (Å²) in [4.78, 5) is 11.5. The van der Waals surface area contributed by atoms with Crippen molar-refractivity contribution in [3.05, 3.63) is 35.4 Å². The van der Waals surface area contributed by atoms with Gasteiger partial charge in [-0.15, -0.1) is 18.2 Å². The van der Waals surface area contributed by atoms with Crippen LogP contribution >= 0.6 is 11.8 Å². The van der Waals surface area contributed by atoms with Crippen LogP contribution in [0.15, 0.2) is 24.3 Å². The minimum absolute atomic E-state index is 0.00759. The van der Waals surface area contributed by atoms with Crippen LogP contribution in [0, 0.1) is 23.7 Å². The lowest BCUT2D eigenvalue weighted by atomic mass is 10.2. The third kappa shape index (κ3) is 4.53. The fourth-order valence-electron chi connectivity index (χ4n) is 1.25. The Balaban J connectivity index is 2.47. The van der Waals surface area contributed by atoms with Crippen LogP contribution in [-0.2, 0) is 15.3 Å². The maximum Gasteiger partial charge on any atom is 0.319 e. The van der Waals surface area contributed by atoms with Gasteiger partial charge in [-0.05, 0) is 24.6 Å². The lowest BCUT2D eigenvalue weighted by Gasteiger charge is -2.09. The van der Waals surface area contributed by atoms with E-state index in [1.165, 1.54) is 11.8 Å². The Morgan fingerprint density at radius 1 is 1.61 bits per heavy atom. The minimum atomic E-state index is -0.311. The normalized spacial score (nSPS) is 11.1. The van der Waals surface area contributed by atoms with Gasteiger partial charge in [0.15, 0.2) is 6.61 Å². The molecule has 1 aromatic rings. The molecule has 0 aromatic heterocycles. The molecule has 4 heteroatoms. The third-order valence-corrected chi connectivity index (χ3v) is 3.38. The van der Waals surface area contributed by atoms with Crippen LogP contribution in [0.3, 0.4) is 0 Å². The molecule has 3 nitrogen and oxygen atoms in total. The molecule has 0 aliphatic carbocycles. The number of carbonyl (C=O) groups excluding carboxylic acids is 1. The van der Waals surface area contributed by atoms with Gasteiger partial charge in [0.1, 0.15) is 0 Å². The van der Waals surface area contributed by atoms with Crippen molar-refractivity contribution in [2.75, 3.05) is 6.61 Å².